The second-order valence-corrected chi connectivity index (χ2v) is 21.4. The van der Waals surface area contributed by atoms with Crippen molar-refractivity contribution in [3.8, 4) is 0 Å². The van der Waals surface area contributed by atoms with Gasteiger partial charge in [0.15, 0.2) is 0 Å². The molecule has 3 aliphatic rings. The van der Waals surface area contributed by atoms with Crippen molar-refractivity contribution in [2.75, 3.05) is 27.2 Å². The Morgan fingerprint density at radius 3 is 1.71 bits per heavy atom. The lowest BCUT2D eigenvalue weighted by atomic mass is 9.42. The van der Waals surface area contributed by atoms with E-state index in [0.29, 0.717) is 43.1 Å². The third kappa shape index (κ3) is 22.3. The van der Waals surface area contributed by atoms with Gasteiger partial charge in [0, 0.05) is 19.3 Å². The second kappa shape index (κ2) is 28.9. The zero-order valence-electron chi connectivity index (χ0n) is 40.7. The number of hydrogen-bond donors (Lipinski definition) is 0. The van der Waals surface area contributed by atoms with Gasteiger partial charge < -0.3 is 19.1 Å². The van der Waals surface area contributed by atoms with Gasteiger partial charge >= 0.3 is 17.9 Å². The molecule has 4 atom stereocenters. The average molecular weight is 832 g/mol. The number of rotatable bonds is 36. The maximum atomic E-state index is 12.9. The van der Waals surface area contributed by atoms with Gasteiger partial charge in [-0.3, -0.25) is 14.4 Å². The molecular formula is C52H97NO6. The van der Waals surface area contributed by atoms with Crippen molar-refractivity contribution in [2.45, 2.75) is 253 Å². The van der Waals surface area contributed by atoms with Gasteiger partial charge in [-0.05, 0) is 146 Å². The molecule has 0 saturated heterocycles. The quantitative estimate of drug-likeness (QED) is 0.0353. The minimum absolute atomic E-state index is 0.0310. The number of esters is 3. The molecule has 4 unspecified atom stereocenters. The van der Waals surface area contributed by atoms with Gasteiger partial charge in [-0.15, -0.1) is 0 Å². The smallest absolute Gasteiger partial charge is 0.306 e. The first-order valence-electron chi connectivity index (χ1n) is 25.2. The Morgan fingerprint density at radius 1 is 0.644 bits per heavy atom. The largest absolute Gasteiger partial charge is 0.466 e. The molecule has 0 aromatic rings. The summed E-state index contributed by atoms with van der Waals surface area (Å²) in [6.45, 7) is 19.9. The first-order valence-corrected chi connectivity index (χ1v) is 25.2. The molecule has 0 heterocycles. The van der Waals surface area contributed by atoms with E-state index in [9.17, 15) is 14.4 Å². The molecule has 346 valence electrons. The van der Waals surface area contributed by atoms with Crippen LogP contribution in [0.25, 0.3) is 0 Å². The number of unbranched alkanes of at least 4 members (excludes halogenated alkanes) is 12. The highest BCUT2D eigenvalue weighted by Crippen LogP contribution is 2.65. The van der Waals surface area contributed by atoms with Gasteiger partial charge in [-0.2, -0.15) is 0 Å². The summed E-state index contributed by atoms with van der Waals surface area (Å²) in [5.74, 6) is 2.91. The molecule has 3 rings (SSSR count). The van der Waals surface area contributed by atoms with Crippen LogP contribution in [0, 0.1) is 34.5 Å². The van der Waals surface area contributed by atoms with Crippen molar-refractivity contribution < 1.29 is 28.6 Å². The zero-order chi connectivity index (χ0) is 43.7. The summed E-state index contributed by atoms with van der Waals surface area (Å²) >= 11 is 0. The summed E-state index contributed by atoms with van der Waals surface area (Å²) in [5, 5.41) is 0. The molecule has 7 heteroatoms. The molecule has 0 aromatic carbocycles. The third-order valence-electron chi connectivity index (χ3n) is 14.5. The van der Waals surface area contributed by atoms with Crippen LogP contribution in [0.5, 0.6) is 0 Å². The fraction of sp³-hybridized carbons (Fsp3) is 0.942. The van der Waals surface area contributed by atoms with Crippen molar-refractivity contribution in [3.05, 3.63) is 0 Å². The molecule has 3 saturated carbocycles. The van der Waals surface area contributed by atoms with Gasteiger partial charge in [0.2, 0.25) is 0 Å². The topological polar surface area (TPSA) is 82.1 Å². The molecule has 59 heavy (non-hydrogen) atoms. The molecular weight excluding hydrogens is 735 g/mol. The van der Waals surface area contributed by atoms with Crippen LogP contribution in [0.2, 0.25) is 0 Å². The molecule has 0 aromatic heterocycles. The third-order valence-corrected chi connectivity index (χ3v) is 14.5. The van der Waals surface area contributed by atoms with Crippen LogP contribution >= 0.6 is 0 Å². The Balaban J connectivity index is 1.63. The summed E-state index contributed by atoms with van der Waals surface area (Å²) in [5.41, 5.74) is 0.156. The minimum Gasteiger partial charge on any atom is -0.466 e. The highest BCUT2D eigenvalue weighted by atomic mass is 16.6. The standard InChI is InChI=1S/C52H97NO6/c1-11-13-21-28-42(29-22-14-12-2)37-39-57-47(54)32-25-19-15-17-23-30-44(58-48(55)34-27-38-53(9)10)31-24-18-16-20-26-33-49(56)59-51(5,6)41-50(3,4)45-36-35-43-40-46(45)52(43,7)8/h42-46H,11-41H2,1-10H3. The van der Waals surface area contributed by atoms with Crippen molar-refractivity contribution in [3.63, 3.8) is 0 Å². The van der Waals surface area contributed by atoms with Crippen LogP contribution in [0.1, 0.15) is 242 Å². The van der Waals surface area contributed by atoms with Gasteiger partial charge in [0.05, 0.1) is 6.61 Å². The van der Waals surface area contributed by atoms with E-state index in [1.54, 1.807) is 0 Å². The highest BCUT2D eigenvalue weighted by Gasteiger charge is 2.57. The van der Waals surface area contributed by atoms with Crippen LogP contribution in [0.3, 0.4) is 0 Å². The van der Waals surface area contributed by atoms with Gasteiger partial charge in [0.25, 0.3) is 0 Å². The van der Waals surface area contributed by atoms with E-state index in [-0.39, 0.29) is 29.4 Å². The molecule has 3 aliphatic carbocycles. The van der Waals surface area contributed by atoms with E-state index in [2.05, 4.69) is 60.3 Å². The Bertz CT molecular complexity index is 1130. The van der Waals surface area contributed by atoms with Crippen LogP contribution in [-0.2, 0) is 28.6 Å². The SMILES string of the molecule is CCCCCC(CCCCC)CCOC(=O)CCCCCCCC(CCCCCCCC(=O)OC(C)(C)CC(C)(C)C1CCC2CC1C2(C)C)OC(=O)CCCN(C)C. The lowest BCUT2D eigenvalue weighted by molar-refractivity contribution is -0.169. The van der Waals surface area contributed by atoms with Crippen molar-refractivity contribution in [1.82, 2.24) is 4.90 Å². The summed E-state index contributed by atoms with van der Waals surface area (Å²) in [6.07, 6.45) is 30.4. The first kappa shape index (κ1) is 53.5. The average Bonchev–Trinajstić information content (AvgIpc) is 3.16. The summed E-state index contributed by atoms with van der Waals surface area (Å²) < 4.78 is 17.8. The van der Waals surface area contributed by atoms with Crippen molar-refractivity contribution >= 4 is 17.9 Å². The molecule has 2 bridgehead atoms. The number of nitrogens with zero attached hydrogens (tertiary/aromatic N) is 1. The van der Waals surface area contributed by atoms with Gasteiger partial charge in [-0.25, -0.2) is 0 Å². The van der Waals surface area contributed by atoms with Crippen molar-refractivity contribution in [1.29, 1.82) is 0 Å². The molecule has 0 spiro atoms. The van der Waals surface area contributed by atoms with Gasteiger partial charge in [0.1, 0.15) is 11.7 Å². The lowest BCUT2D eigenvalue weighted by Gasteiger charge is -2.63. The number of fused-ring (bicyclic) bond motifs is 2. The lowest BCUT2D eigenvalue weighted by Crippen LogP contribution is -2.56. The number of hydrogen-bond acceptors (Lipinski definition) is 7. The second-order valence-electron chi connectivity index (χ2n) is 21.4. The van der Waals surface area contributed by atoms with Crippen molar-refractivity contribution in [2.24, 2.45) is 34.5 Å². The van der Waals surface area contributed by atoms with Crippen LogP contribution in [0.15, 0.2) is 0 Å². The van der Waals surface area contributed by atoms with Crippen LogP contribution < -0.4 is 0 Å². The normalized spacial score (nSPS) is 19.4. The molecule has 3 fully saturated rings. The van der Waals surface area contributed by atoms with Crippen LogP contribution in [-0.4, -0.2) is 61.8 Å². The summed E-state index contributed by atoms with van der Waals surface area (Å²) in [7, 11) is 4.06. The monoisotopic (exact) mass is 832 g/mol. The predicted octanol–water partition coefficient (Wildman–Crippen LogP) is 14.2. The number of carbonyl (C=O) groups excluding carboxylic acids is 3. The predicted molar refractivity (Wildman–Crippen MR) is 246 cm³/mol. The van der Waals surface area contributed by atoms with Gasteiger partial charge in [-0.1, -0.05) is 131 Å². The van der Waals surface area contributed by atoms with E-state index in [1.807, 2.05) is 14.1 Å². The maximum Gasteiger partial charge on any atom is 0.306 e. The van der Waals surface area contributed by atoms with E-state index in [0.717, 1.165) is 115 Å². The van der Waals surface area contributed by atoms with E-state index >= 15 is 0 Å². The molecule has 0 amide bonds. The molecule has 0 radical (unpaired) electrons. The molecule has 0 N–H and O–H groups in total. The van der Waals surface area contributed by atoms with E-state index in [1.165, 1.54) is 70.6 Å². The Labute approximate surface area is 365 Å². The maximum absolute atomic E-state index is 12.9. The molecule has 0 aliphatic heterocycles. The Kier molecular flexibility index (Phi) is 26.2. The Hall–Kier alpha value is -1.63. The fourth-order valence-electron chi connectivity index (χ4n) is 11.0. The Morgan fingerprint density at radius 2 is 1.17 bits per heavy atom. The zero-order valence-corrected chi connectivity index (χ0v) is 40.7. The molecule has 7 nitrogen and oxygen atoms in total. The first-order chi connectivity index (χ1) is 28.0. The number of carbonyl (C=O) groups is 3. The minimum atomic E-state index is -0.456. The highest BCUT2D eigenvalue weighted by molar-refractivity contribution is 5.70. The van der Waals surface area contributed by atoms with Crippen LogP contribution in [0.4, 0.5) is 0 Å². The summed E-state index contributed by atoms with van der Waals surface area (Å²) in [4.78, 5) is 40.2. The number of ether oxygens (including phenoxy) is 3. The summed E-state index contributed by atoms with van der Waals surface area (Å²) in [6, 6.07) is 0. The van der Waals surface area contributed by atoms with E-state index < -0.39 is 5.60 Å². The van der Waals surface area contributed by atoms with E-state index in [4.69, 9.17) is 14.2 Å². The fourth-order valence-corrected chi connectivity index (χ4v) is 11.0.